The SMILES string of the molecule is Nc1ccc(N2CCN(C(=O)c3sccc3Br)CC2)nc1. The molecular weight excluding hydrogens is 352 g/mol. The van der Waals surface area contributed by atoms with Gasteiger partial charge >= 0.3 is 0 Å². The van der Waals surface area contributed by atoms with Crippen molar-refractivity contribution in [2.75, 3.05) is 36.8 Å². The van der Waals surface area contributed by atoms with Gasteiger partial charge in [-0.25, -0.2) is 4.98 Å². The van der Waals surface area contributed by atoms with Crippen molar-refractivity contribution < 1.29 is 4.79 Å². The summed E-state index contributed by atoms with van der Waals surface area (Å²) in [5.74, 6) is 1.01. The van der Waals surface area contributed by atoms with Gasteiger partial charge in [-0.05, 0) is 39.5 Å². The van der Waals surface area contributed by atoms with Gasteiger partial charge in [0.05, 0.1) is 11.9 Å². The highest BCUT2D eigenvalue weighted by Gasteiger charge is 2.24. The molecule has 110 valence electrons. The van der Waals surface area contributed by atoms with Crippen LogP contribution in [0.4, 0.5) is 11.5 Å². The molecule has 1 fully saturated rings. The normalized spacial score (nSPS) is 15.3. The van der Waals surface area contributed by atoms with Crippen LogP contribution < -0.4 is 10.6 Å². The minimum atomic E-state index is 0.0989. The number of piperazine rings is 1. The predicted octanol–water partition coefficient (Wildman–Crippen LogP) is 2.45. The Morgan fingerprint density at radius 1 is 1.24 bits per heavy atom. The Kier molecular flexibility index (Phi) is 4.12. The Morgan fingerprint density at radius 2 is 2.00 bits per heavy atom. The first kappa shape index (κ1) is 14.3. The summed E-state index contributed by atoms with van der Waals surface area (Å²) in [6.45, 7) is 2.97. The Hall–Kier alpha value is -1.60. The second-order valence-electron chi connectivity index (χ2n) is 4.83. The fourth-order valence-corrected chi connectivity index (χ4v) is 3.82. The van der Waals surface area contributed by atoms with Crippen molar-refractivity contribution >= 4 is 44.7 Å². The molecule has 3 heterocycles. The number of rotatable bonds is 2. The highest BCUT2D eigenvalue weighted by Crippen LogP contribution is 2.25. The molecule has 0 bridgehead atoms. The van der Waals surface area contributed by atoms with Crippen LogP contribution in [0.3, 0.4) is 0 Å². The summed E-state index contributed by atoms with van der Waals surface area (Å²) in [7, 11) is 0. The third-order valence-corrected chi connectivity index (χ3v) is 5.30. The quantitative estimate of drug-likeness (QED) is 0.886. The molecule has 21 heavy (non-hydrogen) atoms. The second-order valence-corrected chi connectivity index (χ2v) is 6.60. The molecule has 7 heteroatoms. The molecular formula is C14H15BrN4OS. The van der Waals surface area contributed by atoms with Gasteiger partial charge in [-0.2, -0.15) is 0 Å². The van der Waals surface area contributed by atoms with Crippen LogP contribution in [0, 0.1) is 0 Å². The van der Waals surface area contributed by atoms with Crippen molar-refractivity contribution in [1.82, 2.24) is 9.88 Å². The minimum absolute atomic E-state index is 0.0989. The van der Waals surface area contributed by atoms with Gasteiger partial charge in [-0.3, -0.25) is 4.79 Å². The van der Waals surface area contributed by atoms with E-state index >= 15 is 0 Å². The molecule has 1 saturated heterocycles. The number of thiophene rings is 1. The van der Waals surface area contributed by atoms with Crippen LogP contribution in [-0.4, -0.2) is 42.0 Å². The van der Waals surface area contributed by atoms with Gasteiger partial charge in [0.15, 0.2) is 0 Å². The second kappa shape index (κ2) is 6.03. The number of hydrogen-bond acceptors (Lipinski definition) is 5. The van der Waals surface area contributed by atoms with Crippen LogP contribution in [0.2, 0.25) is 0 Å². The Labute approximate surface area is 135 Å². The van der Waals surface area contributed by atoms with E-state index in [9.17, 15) is 4.79 Å². The van der Waals surface area contributed by atoms with Crippen molar-refractivity contribution in [3.8, 4) is 0 Å². The zero-order valence-corrected chi connectivity index (χ0v) is 13.7. The summed E-state index contributed by atoms with van der Waals surface area (Å²) in [6.07, 6.45) is 1.66. The first-order chi connectivity index (χ1) is 10.1. The molecule has 1 aliphatic rings. The van der Waals surface area contributed by atoms with Gasteiger partial charge in [0.25, 0.3) is 5.91 Å². The number of hydrogen-bond donors (Lipinski definition) is 1. The summed E-state index contributed by atoms with van der Waals surface area (Å²) < 4.78 is 0.875. The van der Waals surface area contributed by atoms with Crippen molar-refractivity contribution in [2.45, 2.75) is 0 Å². The largest absolute Gasteiger partial charge is 0.397 e. The van der Waals surface area contributed by atoms with E-state index < -0.39 is 0 Å². The molecule has 0 unspecified atom stereocenters. The zero-order valence-electron chi connectivity index (χ0n) is 11.3. The van der Waals surface area contributed by atoms with Gasteiger partial charge < -0.3 is 15.5 Å². The van der Waals surface area contributed by atoms with Crippen molar-refractivity contribution in [3.63, 3.8) is 0 Å². The van der Waals surface area contributed by atoms with Gasteiger partial charge in [0.1, 0.15) is 10.7 Å². The summed E-state index contributed by atoms with van der Waals surface area (Å²) in [6, 6.07) is 5.68. The number of carbonyl (C=O) groups is 1. The summed E-state index contributed by atoms with van der Waals surface area (Å²) >= 11 is 4.89. The van der Waals surface area contributed by atoms with Crippen LogP contribution in [0.5, 0.6) is 0 Å². The zero-order chi connectivity index (χ0) is 14.8. The summed E-state index contributed by atoms with van der Waals surface area (Å²) in [5.41, 5.74) is 6.31. The lowest BCUT2D eigenvalue weighted by atomic mass is 10.3. The average molecular weight is 367 g/mol. The molecule has 3 rings (SSSR count). The number of halogens is 1. The number of pyridine rings is 1. The first-order valence-corrected chi connectivity index (χ1v) is 8.31. The average Bonchev–Trinajstić information content (AvgIpc) is 2.94. The number of carbonyl (C=O) groups excluding carboxylic acids is 1. The number of amides is 1. The molecule has 5 nitrogen and oxygen atoms in total. The van der Waals surface area contributed by atoms with Crippen molar-refractivity contribution in [3.05, 3.63) is 39.1 Å². The Balaban J connectivity index is 1.64. The lowest BCUT2D eigenvalue weighted by molar-refractivity contribution is 0.0750. The molecule has 0 atom stereocenters. The third kappa shape index (κ3) is 3.03. The predicted molar refractivity (Wildman–Crippen MR) is 88.8 cm³/mol. The van der Waals surface area contributed by atoms with E-state index in [1.807, 2.05) is 28.5 Å². The highest BCUT2D eigenvalue weighted by atomic mass is 79.9. The van der Waals surface area contributed by atoms with Gasteiger partial charge in [-0.1, -0.05) is 0 Å². The lowest BCUT2D eigenvalue weighted by Gasteiger charge is -2.35. The van der Waals surface area contributed by atoms with Gasteiger partial charge in [0, 0.05) is 30.7 Å². The molecule has 0 aliphatic carbocycles. The molecule has 2 aromatic heterocycles. The van der Waals surface area contributed by atoms with E-state index in [-0.39, 0.29) is 5.91 Å². The fourth-order valence-electron chi connectivity index (χ4n) is 2.31. The van der Waals surface area contributed by atoms with Crippen LogP contribution in [0.1, 0.15) is 9.67 Å². The number of nitrogen functional groups attached to an aromatic ring is 1. The van der Waals surface area contributed by atoms with E-state index in [4.69, 9.17) is 5.73 Å². The smallest absolute Gasteiger partial charge is 0.265 e. The number of aromatic nitrogens is 1. The van der Waals surface area contributed by atoms with E-state index in [1.54, 1.807) is 6.20 Å². The maximum Gasteiger partial charge on any atom is 0.265 e. The van der Waals surface area contributed by atoms with Crippen molar-refractivity contribution in [1.29, 1.82) is 0 Å². The maximum absolute atomic E-state index is 12.4. The maximum atomic E-state index is 12.4. The van der Waals surface area contributed by atoms with E-state index in [0.29, 0.717) is 18.8 Å². The van der Waals surface area contributed by atoms with Crippen LogP contribution >= 0.6 is 27.3 Å². The minimum Gasteiger partial charge on any atom is -0.397 e. The van der Waals surface area contributed by atoms with E-state index in [2.05, 4.69) is 25.8 Å². The number of nitrogens with two attached hydrogens (primary N) is 1. The highest BCUT2D eigenvalue weighted by molar-refractivity contribution is 9.10. The Bertz CT molecular complexity index is 635. The van der Waals surface area contributed by atoms with Crippen LogP contribution in [0.25, 0.3) is 0 Å². The molecule has 0 radical (unpaired) electrons. The van der Waals surface area contributed by atoms with Gasteiger partial charge in [-0.15, -0.1) is 11.3 Å². The van der Waals surface area contributed by atoms with Crippen molar-refractivity contribution in [2.24, 2.45) is 0 Å². The third-order valence-electron chi connectivity index (χ3n) is 3.47. The van der Waals surface area contributed by atoms with Crippen LogP contribution in [0.15, 0.2) is 34.2 Å². The molecule has 2 aromatic rings. The standard InChI is InChI=1S/C14H15BrN4OS/c15-11-3-8-21-13(11)14(20)19-6-4-18(5-7-19)12-2-1-10(16)9-17-12/h1-3,8-9H,4-7,16H2. The number of anilines is 2. The molecule has 1 aliphatic heterocycles. The molecule has 2 N–H and O–H groups in total. The summed E-state index contributed by atoms with van der Waals surface area (Å²) in [5, 5.41) is 1.92. The van der Waals surface area contributed by atoms with Crippen LogP contribution in [-0.2, 0) is 0 Å². The number of nitrogens with zero attached hydrogens (tertiary/aromatic N) is 3. The van der Waals surface area contributed by atoms with E-state index in [0.717, 1.165) is 28.3 Å². The summed E-state index contributed by atoms with van der Waals surface area (Å²) in [4.78, 5) is 21.6. The van der Waals surface area contributed by atoms with E-state index in [1.165, 1.54) is 11.3 Å². The molecule has 0 spiro atoms. The molecule has 1 amide bonds. The lowest BCUT2D eigenvalue weighted by Crippen LogP contribution is -2.49. The molecule has 0 saturated carbocycles. The fraction of sp³-hybridized carbons (Fsp3) is 0.286. The molecule has 0 aromatic carbocycles. The monoisotopic (exact) mass is 366 g/mol. The first-order valence-electron chi connectivity index (χ1n) is 6.64. The Morgan fingerprint density at radius 3 is 2.57 bits per heavy atom. The topological polar surface area (TPSA) is 62.5 Å². The van der Waals surface area contributed by atoms with Gasteiger partial charge in [0.2, 0.25) is 0 Å².